The molecule has 0 spiro atoms. The van der Waals surface area contributed by atoms with Crippen molar-refractivity contribution in [3.05, 3.63) is 28.2 Å². The van der Waals surface area contributed by atoms with E-state index in [1.165, 1.54) is 11.3 Å². The van der Waals surface area contributed by atoms with Gasteiger partial charge >= 0.3 is 0 Å². The van der Waals surface area contributed by atoms with Crippen LogP contribution in [0.5, 0.6) is 5.75 Å². The lowest BCUT2D eigenvalue weighted by Crippen LogP contribution is -2.37. The Labute approximate surface area is 138 Å². The fourth-order valence-electron chi connectivity index (χ4n) is 2.18. The number of hydrogen-bond acceptors (Lipinski definition) is 7. The Morgan fingerprint density at radius 1 is 1.32 bits per heavy atom. The van der Waals surface area contributed by atoms with E-state index in [1.54, 1.807) is 7.11 Å². The number of nitrogens with one attached hydrogen (secondary N) is 1. The molecule has 0 aliphatic carbocycles. The average molecular weight is 338 g/mol. The molecule has 0 unspecified atom stereocenters. The van der Waals surface area contributed by atoms with Crippen molar-refractivity contribution in [3.63, 3.8) is 0 Å². The molecule has 0 bridgehead atoms. The van der Waals surface area contributed by atoms with Crippen LogP contribution < -0.4 is 10.1 Å². The van der Waals surface area contributed by atoms with E-state index in [0.717, 1.165) is 46.8 Å². The highest BCUT2D eigenvalue weighted by atomic mass is 32.1. The molecule has 0 amide bonds. The zero-order valence-electron chi connectivity index (χ0n) is 12.3. The predicted molar refractivity (Wildman–Crippen MR) is 89.6 cm³/mol. The highest BCUT2D eigenvalue weighted by Crippen LogP contribution is 2.22. The van der Waals surface area contributed by atoms with Crippen LogP contribution in [0, 0.1) is 3.95 Å². The fourth-order valence-corrected chi connectivity index (χ4v) is 3.19. The first-order chi connectivity index (χ1) is 10.7. The standard InChI is InChI=1S/C14H18N4O2S2/c1-19-12-4-2-11(3-5-12)15-13-16-18(14(21)22-13)10-17-6-8-20-9-7-17/h2-5H,6-10H2,1H3,(H,15,16). The lowest BCUT2D eigenvalue weighted by Gasteiger charge is -2.25. The van der Waals surface area contributed by atoms with E-state index < -0.39 is 0 Å². The van der Waals surface area contributed by atoms with Crippen LogP contribution in [0.4, 0.5) is 10.8 Å². The second-order valence-electron chi connectivity index (χ2n) is 4.90. The monoisotopic (exact) mass is 338 g/mol. The maximum absolute atomic E-state index is 5.40. The summed E-state index contributed by atoms with van der Waals surface area (Å²) >= 11 is 6.87. The number of hydrogen-bond donors (Lipinski definition) is 1. The zero-order chi connectivity index (χ0) is 15.4. The summed E-state index contributed by atoms with van der Waals surface area (Å²) in [4.78, 5) is 2.29. The summed E-state index contributed by atoms with van der Waals surface area (Å²) in [6.45, 7) is 4.09. The van der Waals surface area contributed by atoms with Gasteiger partial charge in [0.05, 0.1) is 27.0 Å². The van der Waals surface area contributed by atoms with Crippen molar-refractivity contribution in [2.75, 3.05) is 38.7 Å². The summed E-state index contributed by atoms with van der Waals surface area (Å²) in [6.07, 6.45) is 0. The largest absolute Gasteiger partial charge is 0.497 e. The van der Waals surface area contributed by atoms with Crippen LogP contribution in [-0.2, 0) is 11.4 Å². The maximum atomic E-state index is 5.40. The molecule has 2 aromatic rings. The van der Waals surface area contributed by atoms with Crippen molar-refractivity contribution in [3.8, 4) is 5.75 Å². The summed E-state index contributed by atoms with van der Waals surface area (Å²) in [5.74, 6) is 0.830. The van der Waals surface area contributed by atoms with E-state index in [0.29, 0.717) is 6.67 Å². The second kappa shape index (κ2) is 7.19. The summed E-state index contributed by atoms with van der Waals surface area (Å²) in [5, 5.41) is 8.62. The van der Waals surface area contributed by atoms with E-state index in [9.17, 15) is 0 Å². The SMILES string of the molecule is COc1ccc(Nc2nn(CN3CCOCC3)c(=S)s2)cc1. The first kappa shape index (κ1) is 15.4. The third kappa shape index (κ3) is 3.83. The number of benzene rings is 1. The molecule has 0 radical (unpaired) electrons. The van der Waals surface area contributed by atoms with Crippen LogP contribution in [0.1, 0.15) is 0 Å². The van der Waals surface area contributed by atoms with E-state index in [1.807, 2.05) is 28.9 Å². The molecule has 3 rings (SSSR count). The quantitative estimate of drug-likeness (QED) is 0.846. The van der Waals surface area contributed by atoms with Gasteiger partial charge in [-0.05, 0) is 36.5 Å². The smallest absolute Gasteiger partial charge is 0.209 e. The molecule has 1 aromatic heterocycles. The summed E-state index contributed by atoms with van der Waals surface area (Å²) in [5.41, 5.74) is 0.961. The van der Waals surface area contributed by atoms with Crippen LogP contribution in [0.3, 0.4) is 0 Å². The molecule has 6 nitrogen and oxygen atoms in total. The topological polar surface area (TPSA) is 51.5 Å². The van der Waals surface area contributed by atoms with Gasteiger partial charge in [0.25, 0.3) is 0 Å². The number of rotatable bonds is 5. The molecule has 118 valence electrons. The average Bonchev–Trinajstić information content (AvgIpc) is 2.88. The van der Waals surface area contributed by atoms with Crippen molar-refractivity contribution in [2.45, 2.75) is 6.67 Å². The molecule has 2 heterocycles. The van der Waals surface area contributed by atoms with Gasteiger partial charge in [-0.1, -0.05) is 11.3 Å². The summed E-state index contributed by atoms with van der Waals surface area (Å²) < 4.78 is 13.1. The van der Waals surface area contributed by atoms with Gasteiger partial charge < -0.3 is 14.8 Å². The lowest BCUT2D eigenvalue weighted by atomic mass is 10.3. The molecule has 1 N–H and O–H groups in total. The van der Waals surface area contributed by atoms with Gasteiger partial charge in [-0.15, -0.1) is 5.10 Å². The highest BCUT2D eigenvalue weighted by molar-refractivity contribution is 7.73. The maximum Gasteiger partial charge on any atom is 0.209 e. The van der Waals surface area contributed by atoms with Gasteiger partial charge in [0.15, 0.2) is 3.95 Å². The molecule has 1 saturated heterocycles. The Morgan fingerprint density at radius 3 is 2.73 bits per heavy atom. The Bertz CT molecular complexity index is 662. The summed E-state index contributed by atoms with van der Waals surface area (Å²) in [6, 6.07) is 7.73. The highest BCUT2D eigenvalue weighted by Gasteiger charge is 2.12. The van der Waals surface area contributed by atoms with Gasteiger partial charge in [0, 0.05) is 18.8 Å². The molecule has 1 aliphatic rings. The third-order valence-electron chi connectivity index (χ3n) is 3.39. The van der Waals surface area contributed by atoms with E-state index >= 15 is 0 Å². The van der Waals surface area contributed by atoms with Crippen molar-refractivity contribution in [2.24, 2.45) is 0 Å². The number of ether oxygens (including phenoxy) is 2. The zero-order valence-corrected chi connectivity index (χ0v) is 14.0. The van der Waals surface area contributed by atoms with Gasteiger partial charge in [0.2, 0.25) is 5.13 Å². The van der Waals surface area contributed by atoms with Crippen LogP contribution in [-0.4, -0.2) is 48.1 Å². The van der Waals surface area contributed by atoms with Crippen molar-refractivity contribution >= 4 is 34.4 Å². The molecule has 1 fully saturated rings. The Hall–Kier alpha value is -1.48. The van der Waals surface area contributed by atoms with Gasteiger partial charge in [-0.3, -0.25) is 4.90 Å². The Morgan fingerprint density at radius 2 is 2.05 bits per heavy atom. The van der Waals surface area contributed by atoms with E-state index in [2.05, 4.69) is 15.3 Å². The number of methoxy groups -OCH3 is 1. The van der Waals surface area contributed by atoms with Crippen molar-refractivity contribution in [1.82, 2.24) is 14.7 Å². The Kier molecular flexibility index (Phi) is 5.04. The first-order valence-electron chi connectivity index (χ1n) is 7.04. The van der Waals surface area contributed by atoms with E-state index in [4.69, 9.17) is 21.7 Å². The second-order valence-corrected chi connectivity index (χ2v) is 6.52. The van der Waals surface area contributed by atoms with Gasteiger partial charge in [-0.25, -0.2) is 4.68 Å². The minimum Gasteiger partial charge on any atom is -0.497 e. The van der Waals surface area contributed by atoms with Crippen LogP contribution in [0.25, 0.3) is 0 Å². The van der Waals surface area contributed by atoms with E-state index in [-0.39, 0.29) is 0 Å². The molecule has 0 atom stereocenters. The summed E-state index contributed by atoms with van der Waals surface area (Å²) in [7, 11) is 1.65. The van der Waals surface area contributed by atoms with Crippen LogP contribution in [0.15, 0.2) is 24.3 Å². The molecule has 0 saturated carbocycles. The predicted octanol–water partition coefficient (Wildman–Crippen LogP) is 2.72. The number of anilines is 2. The van der Waals surface area contributed by atoms with Crippen molar-refractivity contribution < 1.29 is 9.47 Å². The molecule has 8 heteroatoms. The van der Waals surface area contributed by atoms with Crippen LogP contribution in [0.2, 0.25) is 0 Å². The molecular formula is C14H18N4O2S2. The lowest BCUT2D eigenvalue weighted by molar-refractivity contribution is 0.0212. The number of aromatic nitrogens is 2. The van der Waals surface area contributed by atoms with Crippen LogP contribution >= 0.6 is 23.6 Å². The van der Waals surface area contributed by atoms with Gasteiger partial charge in [0.1, 0.15) is 5.75 Å². The third-order valence-corrected chi connectivity index (χ3v) is 4.61. The molecule has 1 aliphatic heterocycles. The minimum atomic E-state index is 0.711. The minimum absolute atomic E-state index is 0.711. The normalized spacial score (nSPS) is 15.7. The van der Waals surface area contributed by atoms with Gasteiger partial charge in [-0.2, -0.15) is 0 Å². The molecule has 22 heavy (non-hydrogen) atoms. The van der Waals surface area contributed by atoms with Crippen molar-refractivity contribution in [1.29, 1.82) is 0 Å². The molecular weight excluding hydrogens is 320 g/mol. The molecule has 1 aromatic carbocycles. The number of nitrogens with zero attached hydrogens (tertiary/aromatic N) is 3. The number of morpholine rings is 1. The Balaban J connectivity index is 1.67. The first-order valence-corrected chi connectivity index (χ1v) is 8.26. The fraction of sp³-hybridized carbons (Fsp3) is 0.429.